The van der Waals surface area contributed by atoms with Gasteiger partial charge in [-0.15, -0.1) is 0 Å². The van der Waals surface area contributed by atoms with Gasteiger partial charge in [-0.1, -0.05) is 31.2 Å². The van der Waals surface area contributed by atoms with Gasteiger partial charge in [0.1, 0.15) is 5.82 Å². The fourth-order valence-electron chi connectivity index (χ4n) is 2.54. The van der Waals surface area contributed by atoms with E-state index in [0.29, 0.717) is 18.9 Å². The van der Waals surface area contributed by atoms with E-state index in [9.17, 15) is 8.42 Å². The first kappa shape index (κ1) is 14.1. The van der Waals surface area contributed by atoms with E-state index in [-0.39, 0.29) is 0 Å². The number of fused-ring (bicyclic) bond motifs is 1. The molecule has 0 unspecified atom stereocenters. The minimum atomic E-state index is -3.57. The first-order valence-electron chi connectivity index (χ1n) is 6.97. The summed E-state index contributed by atoms with van der Waals surface area (Å²) >= 11 is 0. The van der Waals surface area contributed by atoms with Gasteiger partial charge >= 0.3 is 10.2 Å². The fourth-order valence-corrected chi connectivity index (χ4v) is 3.74. The van der Waals surface area contributed by atoms with Crippen LogP contribution in [-0.4, -0.2) is 29.5 Å². The van der Waals surface area contributed by atoms with E-state index in [2.05, 4.69) is 21.0 Å². The highest BCUT2D eigenvalue weighted by Crippen LogP contribution is 2.22. The molecule has 0 bridgehead atoms. The number of benzene rings is 1. The lowest BCUT2D eigenvalue weighted by Crippen LogP contribution is -2.39. The number of aromatic amines is 1. The Labute approximate surface area is 124 Å². The molecule has 1 aromatic carbocycles. The zero-order chi connectivity index (χ0) is 14.9. The van der Waals surface area contributed by atoms with Gasteiger partial charge in [0.15, 0.2) is 0 Å². The van der Waals surface area contributed by atoms with Gasteiger partial charge in [-0.25, -0.2) is 0 Å². The van der Waals surface area contributed by atoms with E-state index in [0.717, 1.165) is 24.0 Å². The van der Waals surface area contributed by atoms with Gasteiger partial charge < -0.3 is 0 Å². The van der Waals surface area contributed by atoms with Gasteiger partial charge in [-0.2, -0.15) is 17.8 Å². The molecule has 7 heteroatoms. The number of H-pyrrole nitrogens is 1. The molecule has 2 N–H and O–H groups in total. The molecule has 1 aliphatic rings. The summed E-state index contributed by atoms with van der Waals surface area (Å²) in [6.45, 7) is 2.85. The summed E-state index contributed by atoms with van der Waals surface area (Å²) in [6.07, 6.45) is 3.10. The predicted octanol–water partition coefficient (Wildman–Crippen LogP) is 1.69. The highest BCUT2D eigenvalue weighted by atomic mass is 32.2. The molecule has 0 saturated heterocycles. The molecule has 0 aliphatic carbocycles. The Morgan fingerprint density at radius 2 is 2.10 bits per heavy atom. The third-order valence-corrected chi connectivity index (χ3v) is 5.22. The van der Waals surface area contributed by atoms with Crippen LogP contribution in [0.25, 0.3) is 0 Å². The molecule has 0 radical (unpaired) electrons. The number of hydrogen-bond acceptors (Lipinski definition) is 3. The van der Waals surface area contributed by atoms with Crippen molar-refractivity contribution in [1.29, 1.82) is 0 Å². The maximum Gasteiger partial charge on any atom is 0.303 e. The molecular weight excluding hydrogens is 288 g/mol. The molecule has 6 nitrogen and oxygen atoms in total. The Balaban J connectivity index is 1.80. The Kier molecular flexibility index (Phi) is 3.69. The SMILES string of the molecule is CCc1cn[nH]c1NS(=O)(=O)N1CCc2ccccc2C1. The summed E-state index contributed by atoms with van der Waals surface area (Å²) in [5.41, 5.74) is 3.14. The molecule has 2 heterocycles. The van der Waals surface area contributed by atoms with Crippen LogP contribution in [0.2, 0.25) is 0 Å². The van der Waals surface area contributed by atoms with Gasteiger partial charge in [0.2, 0.25) is 0 Å². The van der Waals surface area contributed by atoms with Crippen molar-refractivity contribution in [3.8, 4) is 0 Å². The van der Waals surface area contributed by atoms with Gasteiger partial charge in [0.05, 0.1) is 6.20 Å². The van der Waals surface area contributed by atoms with Crippen molar-refractivity contribution in [2.45, 2.75) is 26.3 Å². The lowest BCUT2D eigenvalue weighted by atomic mass is 10.0. The number of hydrogen-bond donors (Lipinski definition) is 2. The zero-order valence-electron chi connectivity index (χ0n) is 11.8. The van der Waals surface area contributed by atoms with Crippen molar-refractivity contribution in [3.63, 3.8) is 0 Å². The third-order valence-electron chi connectivity index (χ3n) is 3.77. The number of aromatic nitrogens is 2. The summed E-state index contributed by atoms with van der Waals surface area (Å²) in [5, 5.41) is 6.59. The van der Waals surface area contributed by atoms with Gasteiger partial charge in [-0.3, -0.25) is 9.82 Å². The van der Waals surface area contributed by atoms with Crippen molar-refractivity contribution in [2.24, 2.45) is 0 Å². The molecule has 112 valence electrons. The molecular formula is C14H18N4O2S. The van der Waals surface area contributed by atoms with Crippen LogP contribution < -0.4 is 4.72 Å². The highest BCUT2D eigenvalue weighted by molar-refractivity contribution is 7.90. The Hall–Kier alpha value is -1.86. The van der Waals surface area contributed by atoms with Crippen molar-refractivity contribution in [2.75, 3.05) is 11.3 Å². The quantitative estimate of drug-likeness (QED) is 0.902. The van der Waals surface area contributed by atoms with Gasteiger partial charge in [0.25, 0.3) is 0 Å². The molecule has 21 heavy (non-hydrogen) atoms. The van der Waals surface area contributed by atoms with Crippen LogP contribution in [0.15, 0.2) is 30.5 Å². The summed E-state index contributed by atoms with van der Waals surface area (Å²) in [4.78, 5) is 0. The molecule has 1 aromatic heterocycles. The lowest BCUT2D eigenvalue weighted by Gasteiger charge is -2.28. The number of aryl methyl sites for hydroxylation is 1. The average molecular weight is 306 g/mol. The second-order valence-corrected chi connectivity index (χ2v) is 6.75. The second-order valence-electron chi connectivity index (χ2n) is 5.08. The van der Waals surface area contributed by atoms with Crippen molar-refractivity contribution < 1.29 is 8.42 Å². The number of nitrogens with one attached hydrogen (secondary N) is 2. The molecule has 2 aromatic rings. The van der Waals surface area contributed by atoms with Crippen LogP contribution in [0.3, 0.4) is 0 Å². The summed E-state index contributed by atoms with van der Waals surface area (Å²) in [7, 11) is -3.57. The van der Waals surface area contributed by atoms with E-state index in [1.807, 2.05) is 25.1 Å². The minimum Gasteiger partial charge on any atom is -0.262 e. The normalized spacial score (nSPS) is 15.7. The van der Waals surface area contributed by atoms with E-state index in [1.54, 1.807) is 6.20 Å². The number of nitrogens with zero attached hydrogens (tertiary/aromatic N) is 2. The average Bonchev–Trinajstić information content (AvgIpc) is 2.93. The fraction of sp³-hybridized carbons (Fsp3) is 0.357. The van der Waals surface area contributed by atoms with E-state index in [4.69, 9.17) is 0 Å². The van der Waals surface area contributed by atoms with Crippen LogP contribution in [-0.2, 0) is 29.6 Å². The van der Waals surface area contributed by atoms with E-state index < -0.39 is 10.2 Å². The van der Waals surface area contributed by atoms with Crippen LogP contribution >= 0.6 is 0 Å². The Bertz CT molecular complexity index is 739. The van der Waals surface area contributed by atoms with E-state index in [1.165, 1.54) is 9.87 Å². The Morgan fingerprint density at radius 3 is 2.86 bits per heavy atom. The molecule has 3 rings (SSSR count). The first-order chi connectivity index (χ1) is 10.1. The highest BCUT2D eigenvalue weighted by Gasteiger charge is 2.27. The van der Waals surface area contributed by atoms with Crippen LogP contribution in [0.5, 0.6) is 0 Å². The molecule has 0 saturated carbocycles. The standard InChI is InChI=1S/C14H18N4O2S/c1-2-11-9-15-16-14(11)17-21(19,20)18-8-7-12-5-3-4-6-13(12)10-18/h3-6,9H,2,7-8,10H2,1H3,(H2,15,16,17). The largest absolute Gasteiger partial charge is 0.303 e. The molecule has 0 fully saturated rings. The minimum absolute atomic E-state index is 0.404. The topological polar surface area (TPSA) is 78.1 Å². The molecule has 0 atom stereocenters. The van der Waals surface area contributed by atoms with Crippen molar-refractivity contribution >= 4 is 16.0 Å². The maximum atomic E-state index is 12.5. The summed E-state index contributed by atoms with van der Waals surface area (Å²) < 4.78 is 29.1. The van der Waals surface area contributed by atoms with E-state index >= 15 is 0 Å². The second kappa shape index (κ2) is 5.50. The summed E-state index contributed by atoms with van der Waals surface area (Å²) in [5.74, 6) is 0.455. The number of anilines is 1. The molecule has 0 amide bonds. The molecule has 1 aliphatic heterocycles. The zero-order valence-corrected chi connectivity index (χ0v) is 12.7. The van der Waals surface area contributed by atoms with Crippen LogP contribution in [0.4, 0.5) is 5.82 Å². The first-order valence-corrected chi connectivity index (χ1v) is 8.41. The maximum absolute atomic E-state index is 12.5. The smallest absolute Gasteiger partial charge is 0.262 e. The van der Waals surface area contributed by atoms with Crippen molar-refractivity contribution in [3.05, 3.63) is 47.2 Å². The summed E-state index contributed by atoms with van der Waals surface area (Å²) in [6, 6.07) is 7.95. The monoisotopic (exact) mass is 306 g/mol. The van der Waals surface area contributed by atoms with Gasteiger partial charge in [-0.05, 0) is 24.0 Å². The van der Waals surface area contributed by atoms with Crippen LogP contribution in [0, 0.1) is 0 Å². The van der Waals surface area contributed by atoms with Crippen LogP contribution in [0.1, 0.15) is 23.6 Å². The van der Waals surface area contributed by atoms with Crippen molar-refractivity contribution in [1.82, 2.24) is 14.5 Å². The van der Waals surface area contributed by atoms with Gasteiger partial charge in [0, 0.05) is 18.7 Å². The molecule has 0 spiro atoms. The lowest BCUT2D eigenvalue weighted by molar-refractivity contribution is 0.394. The Morgan fingerprint density at radius 1 is 1.33 bits per heavy atom. The number of rotatable bonds is 4. The predicted molar refractivity (Wildman–Crippen MR) is 81.1 cm³/mol. The third kappa shape index (κ3) is 2.79.